The first-order valence-corrected chi connectivity index (χ1v) is 5.82. The van der Waals surface area contributed by atoms with Crippen LogP contribution in [-0.2, 0) is 0 Å². The Morgan fingerprint density at radius 2 is 2.26 bits per heavy atom. The van der Waals surface area contributed by atoms with E-state index in [1.807, 2.05) is 0 Å². The summed E-state index contributed by atoms with van der Waals surface area (Å²) in [6.45, 7) is 1.82. The Bertz CT molecular complexity index is 547. The predicted molar refractivity (Wildman–Crippen MR) is 64.3 cm³/mol. The number of aryl methyl sites for hydroxylation is 1. The van der Waals surface area contributed by atoms with Crippen LogP contribution in [0.1, 0.15) is 22.3 Å². The number of carbonyl (C=O) groups is 1. The molecule has 0 bridgehead atoms. The van der Waals surface area contributed by atoms with Crippen LogP contribution in [0, 0.1) is 22.9 Å². The number of hydrogen-bond donors (Lipinski definition) is 1. The van der Waals surface area contributed by atoms with Crippen LogP contribution in [-0.4, -0.2) is 40.0 Å². The number of hydrogen-bond acceptors (Lipinski definition) is 4. The molecule has 2 rings (SSSR count). The van der Waals surface area contributed by atoms with Crippen molar-refractivity contribution in [2.75, 3.05) is 13.1 Å². The lowest BCUT2D eigenvalue weighted by molar-refractivity contribution is -0.385. The molecule has 1 aliphatic heterocycles. The Hall–Kier alpha value is -2.02. The lowest BCUT2D eigenvalue weighted by atomic mass is 10.1. The Morgan fingerprint density at radius 1 is 1.58 bits per heavy atom. The third kappa shape index (κ3) is 2.55. The van der Waals surface area contributed by atoms with E-state index in [4.69, 9.17) is 0 Å². The summed E-state index contributed by atoms with van der Waals surface area (Å²) in [7, 11) is 0. The maximum Gasteiger partial charge on any atom is 0.270 e. The molecule has 1 N–H and O–H groups in total. The van der Waals surface area contributed by atoms with Crippen molar-refractivity contribution in [3.05, 3.63) is 39.2 Å². The van der Waals surface area contributed by atoms with E-state index in [1.165, 1.54) is 11.8 Å². The van der Waals surface area contributed by atoms with Gasteiger partial charge in [-0.15, -0.1) is 0 Å². The number of nitrogens with zero attached hydrogens (tertiary/aromatic N) is 2. The summed E-state index contributed by atoms with van der Waals surface area (Å²) in [4.78, 5) is 23.5. The molecule has 0 spiro atoms. The number of aliphatic hydroxyl groups excluding tert-OH is 1. The highest BCUT2D eigenvalue weighted by Gasteiger charge is 2.29. The van der Waals surface area contributed by atoms with Crippen LogP contribution in [0.25, 0.3) is 0 Å². The van der Waals surface area contributed by atoms with Gasteiger partial charge in [-0.25, -0.2) is 4.39 Å². The zero-order valence-corrected chi connectivity index (χ0v) is 10.3. The van der Waals surface area contributed by atoms with E-state index in [1.54, 1.807) is 0 Å². The molecule has 0 unspecified atom stereocenters. The number of halogens is 1. The van der Waals surface area contributed by atoms with Gasteiger partial charge in [-0.05, 0) is 18.9 Å². The minimum atomic E-state index is -0.753. The first-order chi connectivity index (χ1) is 8.90. The molecule has 1 aromatic carbocycles. The molecular formula is C12H13FN2O4. The number of carbonyl (C=O) groups excluding carboxylic acids is 1. The SMILES string of the molecule is Cc1cc([N+](=O)[O-])cc(C(=O)N2CC[C@@H](O)C2)c1F. The Morgan fingerprint density at radius 3 is 2.79 bits per heavy atom. The van der Waals surface area contributed by atoms with E-state index in [-0.39, 0.29) is 23.4 Å². The molecule has 1 heterocycles. The molecule has 0 aromatic heterocycles. The molecule has 6 nitrogen and oxygen atoms in total. The molecule has 1 saturated heterocycles. The number of benzene rings is 1. The van der Waals surface area contributed by atoms with Crippen molar-refractivity contribution < 1.29 is 19.2 Å². The molecule has 1 fully saturated rings. The summed E-state index contributed by atoms with van der Waals surface area (Å²) < 4.78 is 13.9. The van der Waals surface area contributed by atoms with E-state index >= 15 is 0 Å². The number of nitro groups is 1. The summed E-state index contributed by atoms with van der Waals surface area (Å²) in [5.74, 6) is -1.38. The molecule has 102 valence electrons. The number of nitro benzene ring substituents is 1. The summed E-state index contributed by atoms with van der Waals surface area (Å²) in [6.07, 6.45) is -0.187. The highest BCUT2D eigenvalue weighted by molar-refractivity contribution is 5.95. The smallest absolute Gasteiger partial charge is 0.270 e. The van der Waals surface area contributed by atoms with Gasteiger partial charge in [0.05, 0.1) is 16.6 Å². The van der Waals surface area contributed by atoms with Crippen molar-refractivity contribution in [3.8, 4) is 0 Å². The van der Waals surface area contributed by atoms with Gasteiger partial charge in [0.25, 0.3) is 11.6 Å². The summed E-state index contributed by atoms with van der Waals surface area (Å²) in [6, 6.07) is 2.03. The molecule has 0 saturated carbocycles. The highest BCUT2D eigenvalue weighted by atomic mass is 19.1. The van der Waals surface area contributed by atoms with Crippen LogP contribution in [0.3, 0.4) is 0 Å². The summed E-state index contributed by atoms with van der Waals surface area (Å²) in [5.41, 5.74) is -0.583. The second-order valence-electron chi connectivity index (χ2n) is 4.57. The largest absolute Gasteiger partial charge is 0.391 e. The highest BCUT2D eigenvalue weighted by Crippen LogP contribution is 2.23. The van der Waals surface area contributed by atoms with Crippen molar-refractivity contribution in [2.24, 2.45) is 0 Å². The zero-order chi connectivity index (χ0) is 14.2. The van der Waals surface area contributed by atoms with Gasteiger partial charge in [-0.3, -0.25) is 14.9 Å². The molecule has 19 heavy (non-hydrogen) atoms. The number of non-ortho nitro benzene ring substituents is 1. The van der Waals surface area contributed by atoms with Gasteiger partial charge < -0.3 is 10.0 Å². The van der Waals surface area contributed by atoms with Crippen molar-refractivity contribution in [2.45, 2.75) is 19.4 Å². The maximum absolute atomic E-state index is 13.9. The normalized spacial score (nSPS) is 18.7. The molecule has 0 aliphatic carbocycles. The van der Waals surface area contributed by atoms with Gasteiger partial charge in [0.1, 0.15) is 5.82 Å². The lowest BCUT2D eigenvalue weighted by Crippen LogP contribution is -2.30. The third-order valence-corrected chi connectivity index (χ3v) is 3.13. The summed E-state index contributed by atoms with van der Waals surface area (Å²) >= 11 is 0. The van der Waals surface area contributed by atoms with Crippen LogP contribution >= 0.6 is 0 Å². The second-order valence-corrected chi connectivity index (χ2v) is 4.57. The number of aliphatic hydroxyl groups is 1. The fourth-order valence-corrected chi connectivity index (χ4v) is 2.11. The second kappa shape index (κ2) is 4.93. The summed E-state index contributed by atoms with van der Waals surface area (Å²) in [5, 5.41) is 20.1. The van der Waals surface area contributed by atoms with Crippen molar-refractivity contribution >= 4 is 11.6 Å². The van der Waals surface area contributed by atoms with E-state index in [2.05, 4.69) is 0 Å². The third-order valence-electron chi connectivity index (χ3n) is 3.13. The minimum absolute atomic E-state index is 0.0531. The fourth-order valence-electron chi connectivity index (χ4n) is 2.11. The Kier molecular flexibility index (Phi) is 3.48. The van der Waals surface area contributed by atoms with Gasteiger partial charge in [0, 0.05) is 25.2 Å². The van der Waals surface area contributed by atoms with Gasteiger partial charge in [0.15, 0.2) is 0 Å². The first-order valence-electron chi connectivity index (χ1n) is 5.82. The minimum Gasteiger partial charge on any atom is -0.391 e. The fraction of sp³-hybridized carbons (Fsp3) is 0.417. The first kappa shape index (κ1) is 13.4. The average Bonchev–Trinajstić information content (AvgIpc) is 2.78. The van der Waals surface area contributed by atoms with Crippen LogP contribution in [0.15, 0.2) is 12.1 Å². The average molecular weight is 268 g/mol. The van der Waals surface area contributed by atoms with E-state index in [0.29, 0.717) is 13.0 Å². The van der Waals surface area contributed by atoms with Gasteiger partial charge in [-0.2, -0.15) is 0 Å². The van der Waals surface area contributed by atoms with E-state index in [0.717, 1.165) is 12.1 Å². The van der Waals surface area contributed by atoms with Crippen LogP contribution < -0.4 is 0 Å². The Balaban J connectivity index is 2.38. The van der Waals surface area contributed by atoms with Crippen LogP contribution in [0.4, 0.5) is 10.1 Å². The molecule has 1 atom stereocenters. The van der Waals surface area contributed by atoms with E-state index in [9.17, 15) is 24.4 Å². The van der Waals surface area contributed by atoms with Crippen molar-refractivity contribution in [1.29, 1.82) is 0 Å². The Labute approximate surface area is 108 Å². The number of β-amino-alcohol motifs (C(OH)–C–C–N with tert-alkyl or cyclic N) is 1. The maximum atomic E-state index is 13.9. The number of amides is 1. The van der Waals surface area contributed by atoms with Crippen molar-refractivity contribution in [3.63, 3.8) is 0 Å². The van der Waals surface area contributed by atoms with Crippen LogP contribution in [0.2, 0.25) is 0 Å². The molecule has 7 heteroatoms. The van der Waals surface area contributed by atoms with Crippen LogP contribution in [0.5, 0.6) is 0 Å². The van der Waals surface area contributed by atoms with Gasteiger partial charge in [-0.1, -0.05) is 0 Å². The number of rotatable bonds is 2. The molecule has 0 radical (unpaired) electrons. The molecule has 1 amide bonds. The number of likely N-dealkylation sites (tertiary alicyclic amines) is 1. The monoisotopic (exact) mass is 268 g/mol. The predicted octanol–water partition coefficient (Wildman–Crippen LogP) is 1.25. The molecular weight excluding hydrogens is 255 g/mol. The standard InChI is InChI=1S/C12H13FN2O4/c1-7-4-8(15(18)19)5-10(11(7)13)12(17)14-3-2-9(16)6-14/h4-5,9,16H,2-3,6H2,1H3/t9-/m1/s1. The van der Waals surface area contributed by atoms with Crippen molar-refractivity contribution in [1.82, 2.24) is 4.90 Å². The molecule has 1 aliphatic rings. The molecule has 1 aromatic rings. The lowest BCUT2D eigenvalue weighted by Gasteiger charge is -2.16. The topological polar surface area (TPSA) is 83.7 Å². The van der Waals surface area contributed by atoms with Gasteiger partial charge >= 0.3 is 0 Å². The van der Waals surface area contributed by atoms with Gasteiger partial charge in [0.2, 0.25) is 0 Å². The van der Waals surface area contributed by atoms with E-state index < -0.39 is 22.8 Å². The zero-order valence-electron chi connectivity index (χ0n) is 10.3. The quantitative estimate of drug-likeness (QED) is 0.646.